The number of anilines is 2. The Bertz CT molecular complexity index is 1460. The normalized spacial score (nSPS) is 11.1. The van der Waals surface area contributed by atoms with Gasteiger partial charge in [0, 0.05) is 10.4 Å². The van der Waals surface area contributed by atoms with Gasteiger partial charge in [0.25, 0.3) is 0 Å². The van der Waals surface area contributed by atoms with Gasteiger partial charge in [-0.15, -0.1) is 10.2 Å². The fraction of sp³-hybridized carbons (Fsp3) is 0.0455. The monoisotopic (exact) mass is 435 g/mol. The molecule has 148 valence electrons. The van der Waals surface area contributed by atoms with E-state index in [9.17, 15) is 4.79 Å². The van der Waals surface area contributed by atoms with E-state index in [1.165, 1.54) is 11.3 Å². The van der Waals surface area contributed by atoms with E-state index in [4.69, 9.17) is 20.8 Å². The Hall–Kier alpha value is -3.42. The highest BCUT2D eigenvalue weighted by molar-refractivity contribution is 7.18. The molecule has 2 aromatic heterocycles. The lowest BCUT2D eigenvalue weighted by atomic mass is 10.0. The lowest BCUT2D eigenvalue weighted by Gasteiger charge is -2.08. The molecule has 0 aliphatic heterocycles. The number of hydrogen-bond donors (Lipinski definition) is 1. The van der Waals surface area contributed by atoms with Crippen LogP contribution in [0.2, 0.25) is 5.02 Å². The Labute approximate surface area is 179 Å². The summed E-state index contributed by atoms with van der Waals surface area (Å²) in [7, 11) is 1.57. The second kappa shape index (κ2) is 7.44. The number of halogens is 1. The fourth-order valence-corrected chi connectivity index (χ4v) is 4.23. The Morgan fingerprint density at radius 2 is 1.90 bits per heavy atom. The predicted octanol–water partition coefficient (Wildman–Crippen LogP) is 5.87. The van der Waals surface area contributed by atoms with Crippen LogP contribution in [0.4, 0.5) is 10.8 Å². The second-order valence-electron chi connectivity index (χ2n) is 6.53. The molecule has 2 heterocycles. The van der Waals surface area contributed by atoms with Crippen molar-refractivity contribution in [2.24, 2.45) is 0 Å². The zero-order chi connectivity index (χ0) is 20.7. The van der Waals surface area contributed by atoms with Gasteiger partial charge in [-0.1, -0.05) is 53.3 Å². The van der Waals surface area contributed by atoms with Crippen LogP contribution in [-0.4, -0.2) is 17.3 Å². The summed E-state index contributed by atoms with van der Waals surface area (Å²) in [6.07, 6.45) is 0. The first kappa shape index (κ1) is 18.6. The van der Waals surface area contributed by atoms with Gasteiger partial charge in [0.1, 0.15) is 11.3 Å². The smallest absolute Gasteiger partial charge is 0.346 e. The van der Waals surface area contributed by atoms with Gasteiger partial charge in [-0.25, -0.2) is 4.79 Å². The van der Waals surface area contributed by atoms with Crippen molar-refractivity contribution < 1.29 is 9.15 Å². The van der Waals surface area contributed by atoms with Crippen LogP contribution in [0.3, 0.4) is 0 Å². The maximum atomic E-state index is 12.6. The molecule has 0 aliphatic rings. The van der Waals surface area contributed by atoms with E-state index in [0.717, 1.165) is 16.2 Å². The molecule has 6 nitrogen and oxygen atoms in total. The van der Waals surface area contributed by atoms with E-state index >= 15 is 0 Å². The van der Waals surface area contributed by atoms with Crippen LogP contribution >= 0.6 is 22.9 Å². The van der Waals surface area contributed by atoms with E-state index in [1.54, 1.807) is 31.4 Å². The van der Waals surface area contributed by atoms with Crippen molar-refractivity contribution in [2.75, 3.05) is 12.4 Å². The largest absolute Gasteiger partial charge is 0.495 e. The van der Waals surface area contributed by atoms with Crippen LogP contribution in [0, 0.1) is 0 Å². The summed E-state index contributed by atoms with van der Waals surface area (Å²) in [4.78, 5) is 12.6. The van der Waals surface area contributed by atoms with Crippen LogP contribution in [0.1, 0.15) is 0 Å². The standard InChI is InChI=1S/C22H14ClN3O3S/c1-28-19-9-7-13(23)10-17(19)24-22-26-25-20(30-22)16-11-15-14-5-3-2-4-12(14)6-8-18(15)29-21(16)27/h2-11H,1H3,(H,24,26). The first-order chi connectivity index (χ1) is 14.6. The molecular formula is C22H14ClN3O3S. The molecule has 0 radical (unpaired) electrons. The summed E-state index contributed by atoms with van der Waals surface area (Å²) in [5.74, 6) is 0.618. The Kier molecular flexibility index (Phi) is 4.61. The van der Waals surface area contributed by atoms with Crippen molar-refractivity contribution in [3.63, 3.8) is 0 Å². The predicted molar refractivity (Wildman–Crippen MR) is 120 cm³/mol. The van der Waals surface area contributed by atoms with Gasteiger partial charge in [-0.2, -0.15) is 0 Å². The summed E-state index contributed by atoms with van der Waals surface area (Å²) in [6.45, 7) is 0. The molecule has 3 aromatic carbocycles. The highest BCUT2D eigenvalue weighted by Crippen LogP contribution is 2.34. The summed E-state index contributed by atoms with van der Waals surface area (Å²) in [5, 5.41) is 15.9. The van der Waals surface area contributed by atoms with Crippen molar-refractivity contribution >= 4 is 55.5 Å². The Morgan fingerprint density at radius 1 is 1.03 bits per heavy atom. The third kappa shape index (κ3) is 3.28. The van der Waals surface area contributed by atoms with Crippen molar-refractivity contribution in [2.45, 2.75) is 0 Å². The first-order valence-corrected chi connectivity index (χ1v) is 10.2. The molecule has 0 amide bonds. The molecule has 0 aliphatic carbocycles. The molecule has 0 spiro atoms. The molecule has 0 saturated carbocycles. The number of nitrogens with zero attached hydrogens (tertiary/aromatic N) is 2. The van der Waals surface area contributed by atoms with Gasteiger partial charge in [-0.3, -0.25) is 0 Å². The highest BCUT2D eigenvalue weighted by Gasteiger charge is 2.15. The summed E-state index contributed by atoms with van der Waals surface area (Å²) in [5.41, 5.74) is 1.10. The molecule has 0 bridgehead atoms. The quantitative estimate of drug-likeness (QED) is 0.281. The molecule has 5 rings (SSSR count). The van der Waals surface area contributed by atoms with Crippen LogP contribution in [-0.2, 0) is 0 Å². The summed E-state index contributed by atoms with van der Waals surface area (Å²) >= 11 is 7.33. The van der Waals surface area contributed by atoms with Gasteiger partial charge in [0.2, 0.25) is 5.13 Å². The number of rotatable bonds is 4. The van der Waals surface area contributed by atoms with Crippen molar-refractivity contribution in [1.82, 2.24) is 10.2 Å². The second-order valence-corrected chi connectivity index (χ2v) is 7.94. The van der Waals surface area contributed by atoms with Crippen LogP contribution in [0.5, 0.6) is 5.75 Å². The average molecular weight is 436 g/mol. The maximum Gasteiger partial charge on any atom is 0.346 e. The zero-order valence-electron chi connectivity index (χ0n) is 15.7. The van der Waals surface area contributed by atoms with Gasteiger partial charge < -0.3 is 14.5 Å². The van der Waals surface area contributed by atoms with Gasteiger partial charge in [-0.05, 0) is 41.1 Å². The van der Waals surface area contributed by atoms with E-state index in [-0.39, 0.29) is 0 Å². The number of aromatic nitrogens is 2. The van der Waals surface area contributed by atoms with Gasteiger partial charge >= 0.3 is 5.63 Å². The first-order valence-electron chi connectivity index (χ1n) is 9.02. The minimum Gasteiger partial charge on any atom is -0.495 e. The van der Waals surface area contributed by atoms with Crippen molar-refractivity contribution in [3.8, 4) is 16.3 Å². The third-order valence-electron chi connectivity index (χ3n) is 4.70. The van der Waals surface area contributed by atoms with Crippen LogP contribution < -0.4 is 15.7 Å². The van der Waals surface area contributed by atoms with E-state index in [1.807, 2.05) is 36.4 Å². The minimum atomic E-state index is -0.458. The molecule has 0 saturated heterocycles. The van der Waals surface area contributed by atoms with E-state index in [0.29, 0.717) is 37.7 Å². The average Bonchev–Trinajstić information content (AvgIpc) is 3.21. The topological polar surface area (TPSA) is 77.2 Å². The maximum absolute atomic E-state index is 12.6. The minimum absolute atomic E-state index is 0.363. The number of methoxy groups -OCH3 is 1. The molecule has 0 atom stereocenters. The Balaban J connectivity index is 1.58. The molecule has 5 aromatic rings. The van der Waals surface area contributed by atoms with Crippen molar-refractivity contribution in [1.29, 1.82) is 0 Å². The molecule has 0 fully saturated rings. The van der Waals surface area contributed by atoms with Gasteiger partial charge in [0.05, 0.1) is 18.4 Å². The molecule has 1 N–H and O–H groups in total. The Morgan fingerprint density at radius 3 is 2.77 bits per heavy atom. The lowest BCUT2D eigenvalue weighted by Crippen LogP contribution is -2.02. The number of benzene rings is 3. The van der Waals surface area contributed by atoms with Gasteiger partial charge in [0.15, 0.2) is 5.01 Å². The summed E-state index contributed by atoms with van der Waals surface area (Å²) < 4.78 is 10.9. The molecule has 30 heavy (non-hydrogen) atoms. The lowest BCUT2D eigenvalue weighted by molar-refractivity contribution is 0.417. The summed E-state index contributed by atoms with van der Waals surface area (Å²) in [6, 6.07) is 18.7. The molecule has 0 unspecified atom stereocenters. The molecular weight excluding hydrogens is 422 g/mol. The van der Waals surface area contributed by atoms with Crippen LogP contribution in [0.15, 0.2) is 69.9 Å². The van der Waals surface area contributed by atoms with E-state index < -0.39 is 5.63 Å². The fourth-order valence-electron chi connectivity index (χ4n) is 3.30. The third-order valence-corrected chi connectivity index (χ3v) is 5.81. The number of fused-ring (bicyclic) bond motifs is 3. The number of nitrogens with one attached hydrogen (secondary N) is 1. The highest BCUT2D eigenvalue weighted by atomic mass is 35.5. The molecule has 8 heteroatoms. The number of hydrogen-bond acceptors (Lipinski definition) is 7. The van der Waals surface area contributed by atoms with Crippen molar-refractivity contribution in [3.05, 3.63) is 76.1 Å². The van der Waals surface area contributed by atoms with E-state index in [2.05, 4.69) is 15.5 Å². The van der Waals surface area contributed by atoms with Crippen LogP contribution in [0.25, 0.3) is 32.3 Å². The zero-order valence-corrected chi connectivity index (χ0v) is 17.3. The SMILES string of the molecule is COc1ccc(Cl)cc1Nc1nnc(-c2cc3c(ccc4ccccc43)oc2=O)s1. The number of ether oxygens (including phenoxy) is 1.